The standard InChI is InChI=1S/C15H13N3O4S/c16-13(19)12-10-5-2-6-11(10)23-15(12)17-14(20)8-3-1-4-9(7-8)18(21)22/h1,3-4,7H,2,5-6H2,(H2,16,19)(H,17,20). The Kier molecular flexibility index (Phi) is 3.83. The third-order valence-electron chi connectivity index (χ3n) is 3.71. The van der Waals surface area contributed by atoms with E-state index in [0.717, 1.165) is 29.7 Å². The number of benzene rings is 1. The molecule has 2 amide bonds. The number of amides is 2. The smallest absolute Gasteiger partial charge is 0.270 e. The molecule has 8 heteroatoms. The first-order chi connectivity index (χ1) is 11.0. The molecule has 2 aromatic rings. The van der Waals surface area contributed by atoms with Crippen molar-refractivity contribution < 1.29 is 14.5 Å². The molecule has 7 nitrogen and oxygen atoms in total. The number of rotatable bonds is 4. The summed E-state index contributed by atoms with van der Waals surface area (Å²) in [4.78, 5) is 35.3. The Balaban J connectivity index is 1.91. The van der Waals surface area contributed by atoms with Crippen molar-refractivity contribution in [2.24, 2.45) is 5.73 Å². The molecule has 118 valence electrons. The van der Waals surface area contributed by atoms with Crippen molar-refractivity contribution >= 4 is 33.8 Å². The summed E-state index contributed by atoms with van der Waals surface area (Å²) in [7, 11) is 0. The number of hydrogen-bond donors (Lipinski definition) is 2. The van der Waals surface area contributed by atoms with Crippen LogP contribution in [0.15, 0.2) is 24.3 Å². The number of carbonyl (C=O) groups excluding carboxylic acids is 2. The number of hydrogen-bond acceptors (Lipinski definition) is 5. The van der Waals surface area contributed by atoms with E-state index in [1.54, 1.807) is 0 Å². The Labute approximate surface area is 135 Å². The van der Waals surface area contributed by atoms with Gasteiger partial charge in [0.25, 0.3) is 17.5 Å². The van der Waals surface area contributed by atoms with Gasteiger partial charge in [0.05, 0.1) is 10.5 Å². The number of thiophene rings is 1. The fourth-order valence-corrected chi connectivity index (χ4v) is 3.98. The summed E-state index contributed by atoms with van der Waals surface area (Å²) < 4.78 is 0. The van der Waals surface area contributed by atoms with Gasteiger partial charge in [0.1, 0.15) is 5.00 Å². The number of nitrogens with zero attached hydrogens (tertiary/aromatic N) is 1. The molecule has 0 unspecified atom stereocenters. The first kappa shape index (κ1) is 15.2. The number of non-ortho nitro benzene ring substituents is 1. The highest BCUT2D eigenvalue weighted by atomic mass is 32.1. The largest absolute Gasteiger partial charge is 0.365 e. The van der Waals surface area contributed by atoms with Crippen LogP contribution in [0.3, 0.4) is 0 Å². The van der Waals surface area contributed by atoms with Crippen LogP contribution in [0.25, 0.3) is 0 Å². The van der Waals surface area contributed by atoms with Gasteiger partial charge in [-0.1, -0.05) is 6.07 Å². The topological polar surface area (TPSA) is 115 Å². The van der Waals surface area contributed by atoms with E-state index < -0.39 is 16.7 Å². The normalized spacial score (nSPS) is 12.7. The van der Waals surface area contributed by atoms with E-state index in [2.05, 4.69) is 5.32 Å². The lowest BCUT2D eigenvalue weighted by Gasteiger charge is -2.06. The second-order valence-electron chi connectivity index (χ2n) is 5.19. The number of nitro benzene ring substituents is 1. The molecule has 0 bridgehead atoms. The van der Waals surface area contributed by atoms with Crippen molar-refractivity contribution in [1.82, 2.24) is 0 Å². The molecule has 0 spiro atoms. The predicted octanol–water partition coefficient (Wildman–Crippen LogP) is 2.50. The predicted molar refractivity (Wildman–Crippen MR) is 85.9 cm³/mol. The highest BCUT2D eigenvalue weighted by Gasteiger charge is 2.26. The molecule has 0 saturated heterocycles. The van der Waals surface area contributed by atoms with Crippen molar-refractivity contribution in [1.29, 1.82) is 0 Å². The summed E-state index contributed by atoms with van der Waals surface area (Å²) in [5.41, 5.74) is 6.70. The zero-order valence-electron chi connectivity index (χ0n) is 12.0. The summed E-state index contributed by atoms with van der Waals surface area (Å²) in [5, 5.41) is 13.9. The van der Waals surface area contributed by atoms with Crippen LogP contribution in [0.1, 0.15) is 37.6 Å². The van der Waals surface area contributed by atoms with Crippen molar-refractivity contribution in [3.8, 4) is 0 Å². The van der Waals surface area contributed by atoms with Gasteiger partial charge in [-0.3, -0.25) is 19.7 Å². The van der Waals surface area contributed by atoms with Gasteiger partial charge in [-0.15, -0.1) is 11.3 Å². The van der Waals surface area contributed by atoms with E-state index in [1.165, 1.54) is 35.6 Å². The molecule has 1 aromatic carbocycles. The monoisotopic (exact) mass is 331 g/mol. The number of fused-ring (bicyclic) bond motifs is 1. The maximum Gasteiger partial charge on any atom is 0.270 e. The molecule has 3 N–H and O–H groups in total. The van der Waals surface area contributed by atoms with Gasteiger partial charge in [-0.25, -0.2) is 0 Å². The van der Waals surface area contributed by atoms with Crippen molar-refractivity contribution in [3.63, 3.8) is 0 Å². The van der Waals surface area contributed by atoms with Gasteiger partial charge in [0.15, 0.2) is 0 Å². The number of carbonyl (C=O) groups is 2. The van der Waals surface area contributed by atoms with E-state index in [-0.39, 0.29) is 11.3 Å². The van der Waals surface area contributed by atoms with E-state index in [1.807, 2.05) is 0 Å². The molecule has 1 aromatic heterocycles. The number of aryl methyl sites for hydroxylation is 1. The molecular weight excluding hydrogens is 318 g/mol. The summed E-state index contributed by atoms with van der Waals surface area (Å²) >= 11 is 1.34. The number of nitrogens with two attached hydrogens (primary N) is 1. The quantitative estimate of drug-likeness (QED) is 0.661. The highest BCUT2D eigenvalue weighted by Crippen LogP contribution is 2.39. The van der Waals surface area contributed by atoms with Crippen molar-refractivity contribution in [2.45, 2.75) is 19.3 Å². The molecular formula is C15H13N3O4S. The van der Waals surface area contributed by atoms with E-state index in [4.69, 9.17) is 5.73 Å². The maximum absolute atomic E-state index is 12.3. The molecule has 1 aliphatic rings. The van der Waals surface area contributed by atoms with Crippen LogP contribution < -0.4 is 11.1 Å². The van der Waals surface area contributed by atoms with Gasteiger partial charge in [0, 0.05) is 22.6 Å². The molecule has 0 aliphatic heterocycles. The van der Waals surface area contributed by atoms with E-state index in [0.29, 0.717) is 10.6 Å². The van der Waals surface area contributed by atoms with Crippen LogP contribution in [-0.4, -0.2) is 16.7 Å². The Morgan fingerprint density at radius 3 is 2.78 bits per heavy atom. The maximum atomic E-state index is 12.3. The molecule has 3 rings (SSSR count). The Morgan fingerprint density at radius 2 is 2.09 bits per heavy atom. The van der Waals surface area contributed by atoms with Crippen LogP contribution >= 0.6 is 11.3 Å². The average molecular weight is 331 g/mol. The summed E-state index contributed by atoms with van der Waals surface area (Å²) in [6.07, 6.45) is 2.62. The van der Waals surface area contributed by atoms with Crippen LogP contribution in [0, 0.1) is 10.1 Å². The Bertz CT molecular complexity index is 828. The molecule has 0 saturated carbocycles. The molecule has 1 aliphatic carbocycles. The molecule has 0 radical (unpaired) electrons. The average Bonchev–Trinajstić information content (AvgIpc) is 3.07. The zero-order chi connectivity index (χ0) is 16.6. The van der Waals surface area contributed by atoms with Crippen LogP contribution in [0.4, 0.5) is 10.7 Å². The first-order valence-electron chi connectivity index (χ1n) is 6.97. The number of nitro groups is 1. The van der Waals surface area contributed by atoms with Crippen LogP contribution in [0.5, 0.6) is 0 Å². The third-order valence-corrected chi connectivity index (χ3v) is 4.92. The van der Waals surface area contributed by atoms with Crippen molar-refractivity contribution in [2.75, 3.05) is 5.32 Å². The SMILES string of the molecule is NC(=O)c1c(NC(=O)c2cccc([N+](=O)[O-])c2)sc2c1CCC2. The minimum absolute atomic E-state index is 0.156. The lowest BCUT2D eigenvalue weighted by molar-refractivity contribution is -0.384. The summed E-state index contributed by atoms with van der Waals surface area (Å²) in [6.45, 7) is 0. The third kappa shape index (κ3) is 2.80. The molecule has 23 heavy (non-hydrogen) atoms. The molecule has 1 heterocycles. The van der Waals surface area contributed by atoms with Gasteiger partial charge in [-0.2, -0.15) is 0 Å². The minimum atomic E-state index is -0.571. The number of anilines is 1. The lowest BCUT2D eigenvalue weighted by Crippen LogP contribution is -2.17. The number of primary amides is 1. The molecule has 0 atom stereocenters. The van der Waals surface area contributed by atoms with Gasteiger partial charge in [0.2, 0.25) is 0 Å². The zero-order valence-corrected chi connectivity index (χ0v) is 12.8. The van der Waals surface area contributed by atoms with Gasteiger partial charge in [-0.05, 0) is 30.9 Å². The second kappa shape index (κ2) is 5.81. The lowest BCUT2D eigenvalue weighted by atomic mass is 10.1. The summed E-state index contributed by atoms with van der Waals surface area (Å²) in [6, 6.07) is 5.43. The van der Waals surface area contributed by atoms with Crippen molar-refractivity contribution in [3.05, 3.63) is 55.9 Å². The van der Waals surface area contributed by atoms with Crippen LogP contribution in [0.2, 0.25) is 0 Å². The highest BCUT2D eigenvalue weighted by molar-refractivity contribution is 7.17. The van der Waals surface area contributed by atoms with E-state index >= 15 is 0 Å². The Morgan fingerprint density at radius 1 is 1.30 bits per heavy atom. The minimum Gasteiger partial charge on any atom is -0.365 e. The summed E-state index contributed by atoms with van der Waals surface area (Å²) in [5.74, 6) is -1.07. The van der Waals surface area contributed by atoms with Crippen LogP contribution in [-0.2, 0) is 12.8 Å². The van der Waals surface area contributed by atoms with E-state index in [9.17, 15) is 19.7 Å². The fourth-order valence-electron chi connectivity index (χ4n) is 2.69. The second-order valence-corrected chi connectivity index (χ2v) is 6.29. The fraction of sp³-hybridized carbons (Fsp3) is 0.200. The molecule has 0 fully saturated rings. The Hall–Kier alpha value is -2.74. The van der Waals surface area contributed by atoms with Gasteiger partial charge < -0.3 is 11.1 Å². The first-order valence-corrected chi connectivity index (χ1v) is 7.79. The van der Waals surface area contributed by atoms with Gasteiger partial charge >= 0.3 is 0 Å². The number of nitrogens with one attached hydrogen (secondary N) is 1.